The van der Waals surface area contributed by atoms with E-state index in [1.165, 1.54) is 11.8 Å². The molecule has 6 nitrogen and oxygen atoms in total. The van der Waals surface area contributed by atoms with Gasteiger partial charge in [-0.15, -0.1) is 0 Å². The highest BCUT2D eigenvalue weighted by Gasteiger charge is 2.07. The number of anilines is 2. The van der Waals surface area contributed by atoms with E-state index in [0.29, 0.717) is 5.16 Å². The van der Waals surface area contributed by atoms with Gasteiger partial charge in [-0.2, -0.15) is 4.98 Å². The Morgan fingerprint density at radius 1 is 1.10 bits per heavy atom. The Morgan fingerprint density at radius 3 is 2.45 bits per heavy atom. The van der Waals surface area contributed by atoms with Gasteiger partial charge in [0.1, 0.15) is 10.8 Å². The van der Waals surface area contributed by atoms with E-state index in [2.05, 4.69) is 32.2 Å². The molecule has 0 atom stereocenters. The molecular formula is C13H18N6S. The molecule has 0 aromatic carbocycles. The Labute approximate surface area is 122 Å². The third-order valence-electron chi connectivity index (χ3n) is 2.43. The fourth-order valence-corrected chi connectivity index (χ4v) is 2.55. The number of nitrogen functional groups attached to an aromatic ring is 1. The quantitative estimate of drug-likeness (QED) is 0.645. The Bertz CT molecular complexity index is 581. The molecule has 0 saturated carbocycles. The first-order valence-electron chi connectivity index (χ1n) is 6.45. The molecule has 0 fully saturated rings. The molecule has 2 aromatic rings. The number of nitrogens with one attached hydrogen (secondary N) is 1. The summed E-state index contributed by atoms with van der Waals surface area (Å²) in [6.45, 7) is 6.83. The Kier molecular flexibility index (Phi) is 4.73. The van der Waals surface area contributed by atoms with Crippen LogP contribution in [-0.4, -0.2) is 26.5 Å². The number of hydrogen-bond acceptors (Lipinski definition) is 7. The van der Waals surface area contributed by atoms with Crippen LogP contribution in [0.1, 0.15) is 24.7 Å². The molecule has 0 radical (unpaired) electrons. The summed E-state index contributed by atoms with van der Waals surface area (Å²) < 4.78 is 0. The zero-order chi connectivity index (χ0) is 14.5. The molecule has 0 spiro atoms. The number of nitrogens with two attached hydrogens (primary N) is 1. The van der Waals surface area contributed by atoms with Crippen molar-refractivity contribution in [3.8, 4) is 0 Å². The van der Waals surface area contributed by atoms with Crippen molar-refractivity contribution < 1.29 is 0 Å². The number of rotatable bonds is 5. The maximum atomic E-state index is 5.73. The monoisotopic (exact) mass is 290 g/mol. The predicted octanol–water partition coefficient (Wildman–Crippen LogP) is 2.44. The second-order valence-electron chi connectivity index (χ2n) is 4.41. The first-order chi connectivity index (χ1) is 9.56. The van der Waals surface area contributed by atoms with Crippen molar-refractivity contribution in [1.29, 1.82) is 0 Å². The van der Waals surface area contributed by atoms with E-state index in [1.54, 1.807) is 0 Å². The molecule has 106 valence electrons. The van der Waals surface area contributed by atoms with E-state index in [-0.39, 0.29) is 5.95 Å². The third kappa shape index (κ3) is 4.06. The van der Waals surface area contributed by atoms with Gasteiger partial charge in [0, 0.05) is 24.0 Å². The average molecular weight is 290 g/mol. The second-order valence-corrected chi connectivity index (χ2v) is 5.40. The zero-order valence-electron chi connectivity index (χ0n) is 11.8. The largest absolute Gasteiger partial charge is 0.370 e. The molecule has 2 aromatic heterocycles. The van der Waals surface area contributed by atoms with Crippen LogP contribution in [0.15, 0.2) is 22.3 Å². The van der Waals surface area contributed by atoms with E-state index in [0.717, 1.165) is 35.2 Å². The van der Waals surface area contributed by atoms with Crippen molar-refractivity contribution in [2.24, 2.45) is 0 Å². The van der Waals surface area contributed by atoms with Crippen molar-refractivity contribution in [1.82, 2.24) is 19.9 Å². The van der Waals surface area contributed by atoms with Gasteiger partial charge in [-0.1, -0.05) is 6.92 Å². The van der Waals surface area contributed by atoms with Crippen LogP contribution in [0.5, 0.6) is 0 Å². The molecule has 0 saturated heterocycles. The number of hydrogen-bond donors (Lipinski definition) is 2. The summed E-state index contributed by atoms with van der Waals surface area (Å²) in [6.07, 6.45) is 1.02. The van der Waals surface area contributed by atoms with Gasteiger partial charge in [0.25, 0.3) is 0 Å². The summed E-state index contributed by atoms with van der Waals surface area (Å²) in [7, 11) is 0. The van der Waals surface area contributed by atoms with Gasteiger partial charge in [0.05, 0.1) is 0 Å². The SMILES string of the molecule is CCCNc1cc(Sc2nc(C)cc(C)n2)nc(N)n1. The highest BCUT2D eigenvalue weighted by molar-refractivity contribution is 7.99. The number of nitrogens with zero attached hydrogens (tertiary/aromatic N) is 4. The highest BCUT2D eigenvalue weighted by atomic mass is 32.2. The van der Waals surface area contributed by atoms with Crippen molar-refractivity contribution in [3.63, 3.8) is 0 Å². The Hall–Kier alpha value is -1.89. The summed E-state index contributed by atoms with van der Waals surface area (Å²) in [4.78, 5) is 17.1. The molecule has 2 heterocycles. The number of aryl methyl sites for hydroxylation is 2. The van der Waals surface area contributed by atoms with Crippen LogP contribution in [0.25, 0.3) is 0 Å². The van der Waals surface area contributed by atoms with Gasteiger partial charge in [-0.25, -0.2) is 15.0 Å². The second kappa shape index (κ2) is 6.51. The van der Waals surface area contributed by atoms with Crippen molar-refractivity contribution >= 4 is 23.5 Å². The standard InChI is InChI=1S/C13H18N6S/c1-4-5-15-10-7-11(19-12(14)18-10)20-13-16-8(2)6-9(3)17-13/h6-7H,4-5H2,1-3H3,(H3,14,15,18,19). The highest BCUT2D eigenvalue weighted by Crippen LogP contribution is 2.25. The molecular weight excluding hydrogens is 272 g/mol. The third-order valence-corrected chi connectivity index (χ3v) is 3.22. The maximum Gasteiger partial charge on any atom is 0.223 e. The molecule has 20 heavy (non-hydrogen) atoms. The van der Waals surface area contributed by atoms with Crippen LogP contribution >= 0.6 is 11.8 Å². The molecule has 0 bridgehead atoms. The summed E-state index contributed by atoms with van der Waals surface area (Å²) in [5.41, 5.74) is 7.60. The van der Waals surface area contributed by atoms with Crippen LogP contribution < -0.4 is 11.1 Å². The molecule has 0 unspecified atom stereocenters. The van der Waals surface area contributed by atoms with Gasteiger partial charge in [0.15, 0.2) is 5.16 Å². The summed E-state index contributed by atoms with van der Waals surface area (Å²) in [6, 6.07) is 3.80. The maximum absolute atomic E-state index is 5.73. The van der Waals surface area contributed by atoms with Gasteiger partial charge >= 0.3 is 0 Å². The topological polar surface area (TPSA) is 89.6 Å². The Morgan fingerprint density at radius 2 is 1.80 bits per heavy atom. The van der Waals surface area contributed by atoms with Crippen LogP contribution in [-0.2, 0) is 0 Å². The molecule has 0 aliphatic rings. The summed E-state index contributed by atoms with van der Waals surface area (Å²) in [5.74, 6) is 0.976. The average Bonchev–Trinajstić information content (AvgIpc) is 2.34. The van der Waals surface area contributed by atoms with E-state index < -0.39 is 0 Å². The fourth-order valence-electron chi connectivity index (χ4n) is 1.67. The molecule has 0 amide bonds. The molecule has 7 heteroatoms. The van der Waals surface area contributed by atoms with Crippen molar-refractivity contribution in [3.05, 3.63) is 23.5 Å². The molecule has 3 N–H and O–H groups in total. The van der Waals surface area contributed by atoms with Crippen LogP contribution in [0, 0.1) is 13.8 Å². The first-order valence-corrected chi connectivity index (χ1v) is 7.27. The van der Waals surface area contributed by atoms with Crippen LogP contribution in [0.4, 0.5) is 11.8 Å². The molecule has 0 aliphatic carbocycles. The van der Waals surface area contributed by atoms with Crippen LogP contribution in [0.3, 0.4) is 0 Å². The minimum absolute atomic E-state index is 0.248. The van der Waals surface area contributed by atoms with Gasteiger partial charge in [-0.3, -0.25) is 0 Å². The lowest BCUT2D eigenvalue weighted by atomic mass is 10.4. The van der Waals surface area contributed by atoms with E-state index in [9.17, 15) is 0 Å². The van der Waals surface area contributed by atoms with E-state index in [1.807, 2.05) is 26.0 Å². The normalized spacial score (nSPS) is 10.6. The first kappa shape index (κ1) is 14.5. The number of aromatic nitrogens is 4. The minimum Gasteiger partial charge on any atom is -0.370 e. The van der Waals surface area contributed by atoms with E-state index >= 15 is 0 Å². The smallest absolute Gasteiger partial charge is 0.223 e. The predicted molar refractivity (Wildman–Crippen MR) is 80.9 cm³/mol. The van der Waals surface area contributed by atoms with E-state index in [4.69, 9.17) is 5.73 Å². The van der Waals surface area contributed by atoms with Crippen LogP contribution in [0.2, 0.25) is 0 Å². The lowest BCUT2D eigenvalue weighted by Crippen LogP contribution is -2.05. The lowest BCUT2D eigenvalue weighted by molar-refractivity contribution is 0.897. The summed E-state index contributed by atoms with van der Waals surface area (Å²) >= 11 is 1.38. The Balaban J connectivity index is 2.21. The minimum atomic E-state index is 0.248. The van der Waals surface area contributed by atoms with Crippen molar-refractivity contribution in [2.45, 2.75) is 37.4 Å². The van der Waals surface area contributed by atoms with Crippen molar-refractivity contribution in [2.75, 3.05) is 17.6 Å². The van der Waals surface area contributed by atoms with Gasteiger partial charge in [0.2, 0.25) is 5.95 Å². The fraction of sp³-hybridized carbons (Fsp3) is 0.385. The zero-order valence-corrected chi connectivity index (χ0v) is 12.7. The summed E-state index contributed by atoms with van der Waals surface area (Å²) in [5, 5.41) is 4.60. The van der Waals surface area contributed by atoms with Gasteiger partial charge in [-0.05, 0) is 38.1 Å². The lowest BCUT2D eigenvalue weighted by Gasteiger charge is -2.07. The molecule has 2 rings (SSSR count). The molecule has 0 aliphatic heterocycles. The van der Waals surface area contributed by atoms with Gasteiger partial charge < -0.3 is 11.1 Å².